The van der Waals surface area contributed by atoms with Crippen LogP contribution in [-0.2, 0) is 26.2 Å². The average Bonchev–Trinajstić information content (AvgIpc) is 2.79. The van der Waals surface area contributed by atoms with Crippen molar-refractivity contribution in [3.05, 3.63) is 59.7 Å². The molecule has 0 radical (unpaired) electrons. The van der Waals surface area contributed by atoms with Crippen molar-refractivity contribution in [2.75, 3.05) is 24.2 Å². The van der Waals surface area contributed by atoms with E-state index in [-0.39, 0.29) is 18.5 Å². The Labute approximate surface area is 202 Å². The lowest BCUT2D eigenvalue weighted by Gasteiger charge is -2.32. The Bertz CT molecular complexity index is 1090. The Morgan fingerprint density at radius 2 is 1.74 bits per heavy atom. The van der Waals surface area contributed by atoms with Crippen molar-refractivity contribution >= 4 is 27.5 Å². The number of methoxy groups -OCH3 is 1. The molecule has 2 aromatic carbocycles. The summed E-state index contributed by atoms with van der Waals surface area (Å²) in [6.07, 6.45) is 1.80. The van der Waals surface area contributed by atoms with Crippen LogP contribution in [-0.4, -0.2) is 57.1 Å². The van der Waals surface area contributed by atoms with Gasteiger partial charge in [-0.15, -0.1) is 0 Å². The molecule has 186 valence electrons. The van der Waals surface area contributed by atoms with Crippen molar-refractivity contribution in [1.29, 1.82) is 0 Å². The van der Waals surface area contributed by atoms with Crippen LogP contribution in [0.15, 0.2) is 48.5 Å². The largest absolute Gasteiger partial charge is 0.497 e. The third-order valence-corrected chi connectivity index (χ3v) is 6.78. The first-order valence-corrected chi connectivity index (χ1v) is 13.1. The van der Waals surface area contributed by atoms with Crippen LogP contribution in [0.4, 0.5) is 5.69 Å². The zero-order valence-electron chi connectivity index (χ0n) is 20.7. The van der Waals surface area contributed by atoms with E-state index in [0.29, 0.717) is 11.4 Å². The van der Waals surface area contributed by atoms with Crippen LogP contribution in [0.5, 0.6) is 5.75 Å². The van der Waals surface area contributed by atoms with Gasteiger partial charge in [-0.2, -0.15) is 0 Å². The van der Waals surface area contributed by atoms with Crippen LogP contribution < -0.4 is 14.4 Å². The number of sulfonamides is 1. The molecular weight excluding hydrogens is 454 g/mol. The summed E-state index contributed by atoms with van der Waals surface area (Å²) in [6.45, 7) is 7.21. The molecule has 1 N–H and O–H groups in total. The van der Waals surface area contributed by atoms with Gasteiger partial charge in [0.2, 0.25) is 21.8 Å². The zero-order chi connectivity index (χ0) is 25.5. The fraction of sp³-hybridized carbons (Fsp3) is 0.440. The van der Waals surface area contributed by atoms with Gasteiger partial charge in [-0.25, -0.2) is 8.42 Å². The molecule has 0 saturated heterocycles. The first-order valence-electron chi connectivity index (χ1n) is 11.2. The van der Waals surface area contributed by atoms with Crippen LogP contribution in [0.2, 0.25) is 0 Å². The number of amides is 2. The summed E-state index contributed by atoms with van der Waals surface area (Å²) in [6, 6.07) is 13.2. The Morgan fingerprint density at radius 3 is 2.26 bits per heavy atom. The number of nitrogens with one attached hydrogen (secondary N) is 1. The van der Waals surface area contributed by atoms with Gasteiger partial charge >= 0.3 is 0 Å². The quantitative estimate of drug-likeness (QED) is 0.523. The molecule has 0 spiro atoms. The predicted molar refractivity (Wildman–Crippen MR) is 134 cm³/mol. The molecule has 0 heterocycles. The number of ether oxygens (including phenoxy) is 1. The maximum Gasteiger partial charge on any atom is 0.244 e. The van der Waals surface area contributed by atoms with E-state index >= 15 is 0 Å². The minimum atomic E-state index is -3.77. The van der Waals surface area contributed by atoms with Gasteiger partial charge in [0.25, 0.3) is 0 Å². The van der Waals surface area contributed by atoms with E-state index in [1.165, 1.54) is 12.0 Å². The number of carbonyl (C=O) groups is 2. The van der Waals surface area contributed by atoms with Crippen molar-refractivity contribution in [2.24, 2.45) is 0 Å². The molecule has 0 aliphatic rings. The van der Waals surface area contributed by atoms with Crippen LogP contribution in [0.25, 0.3) is 0 Å². The molecule has 2 aromatic rings. The first-order chi connectivity index (χ1) is 16.0. The monoisotopic (exact) mass is 489 g/mol. The Kier molecular flexibility index (Phi) is 9.49. The van der Waals surface area contributed by atoms with E-state index in [1.807, 2.05) is 45.0 Å². The first kappa shape index (κ1) is 27.2. The molecule has 0 aromatic heterocycles. The molecule has 9 heteroatoms. The second kappa shape index (κ2) is 11.9. The highest BCUT2D eigenvalue weighted by Crippen LogP contribution is 2.22. The highest BCUT2D eigenvalue weighted by atomic mass is 32.2. The number of rotatable bonds is 11. The van der Waals surface area contributed by atoms with Gasteiger partial charge in [0.15, 0.2) is 0 Å². The van der Waals surface area contributed by atoms with Gasteiger partial charge in [-0.05, 0) is 57.0 Å². The average molecular weight is 490 g/mol. The molecule has 0 unspecified atom stereocenters. The maximum absolute atomic E-state index is 13.5. The Balaban J connectivity index is 2.37. The molecule has 2 atom stereocenters. The molecule has 2 amide bonds. The van der Waals surface area contributed by atoms with Crippen molar-refractivity contribution in [2.45, 2.75) is 52.7 Å². The van der Waals surface area contributed by atoms with Crippen LogP contribution in [0.3, 0.4) is 0 Å². The topological polar surface area (TPSA) is 96.0 Å². The lowest BCUT2D eigenvalue weighted by atomic mass is 10.1. The predicted octanol–water partition coefficient (Wildman–Crippen LogP) is 3.10. The summed E-state index contributed by atoms with van der Waals surface area (Å²) < 4.78 is 31.3. The summed E-state index contributed by atoms with van der Waals surface area (Å²) in [4.78, 5) is 27.8. The summed E-state index contributed by atoms with van der Waals surface area (Å²) in [5, 5.41) is 2.91. The summed E-state index contributed by atoms with van der Waals surface area (Å²) in [5.74, 6) is -0.194. The summed E-state index contributed by atoms with van der Waals surface area (Å²) in [7, 11) is -2.25. The Morgan fingerprint density at radius 1 is 1.09 bits per heavy atom. The highest BCUT2D eigenvalue weighted by molar-refractivity contribution is 7.92. The van der Waals surface area contributed by atoms with E-state index < -0.39 is 28.5 Å². The fourth-order valence-corrected chi connectivity index (χ4v) is 4.27. The van der Waals surface area contributed by atoms with Gasteiger partial charge in [0.1, 0.15) is 18.3 Å². The second-order valence-electron chi connectivity index (χ2n) is 8.47. The molecule has 34 heavy (non-hydrogen) atoms. The van der Waals surface area contributed by atoms with E-state index in [2.05, 4.69) is 5.32 Å². The van der Waals surface area contributed by atoms with Crippen molar-refractivity contribution in [3.8, 4) is 5.75 Å². The molecule has 0 fully saturated rings. The number of nitrogens with zero attached hydrogens (tertiary/aromatic N) is 2. The summed E-state index contributed by atoms with van der Waals surface area (Å²) >= 11 is 0. The van der Waals surface area contributed by atoms with E-state index in [4.69, 9.17) is 4.74 Å². The molecule has 0 saturated carbocycles. The van der Waals surface area contributed by atoms with Crippen molar-refractivity contribution in [1.82, 2.24) is 10.2 Å². The van der Waals surface area contributed by atoms with Gasteiger partial charge in [-0.3, -0.25) is 13.9 Å². The molecule has 0 aliphatic carbocycles. The number of aryl methyl sites for hydroxylation is 1. The molecule has 8 nitrogen and oxygen atoms in total. The standard InChI is InChI=1S/C25H35N3O5S/c1-7-19(3)26-25(30)20(4)27(16-21-10-8-9-18(2)15-21)24(29)17-28(34(6,31)32)22-11-13-23(33-5)14-12-22/h8-15,19-20H,7,16-17H2,1-6H3,(H,26,30)/t19-,20-/m0/s1. The van der Waals surface area contributed by atoms with E-state index in [0.717, 1.165) is 28.1 Å². The Hall–Kier alpha value is -3.07. The third-order valence-electron chi connectivity index (χ3n) is 5.64. The lowest BCUT2D eigenvalue weighted by molar-refractivity contribution is -0.139. The zero-order valence-corrected chi connectivity index (χ0v) is 21.6. The molecule has 0 bridgehead atoms. The molecule has 0 aliphatic heterocycles. The lowest BCUT2D eigenvalue weighted by Crippen LogP contribution is -2.52. The third kappa shape index (κ3) is 7.48. The molecular formula is C25H35N3O5S. The number of anilines is 1. The van der Waals surface area contributed by atoms with Gasteiger partial charge in [-0.1, -0.05) is 36.8 Å². The minimum Gasteiger partial charge on any atom is -0.497 e. The SMILES string of the molecule is CC[C@H](C)NC(=O)[C@H](C)N(Cc1cccc(C)c1)C(=O)CN(c1ccc(OC)cc1)S(C)(=O)=O. The highest BCUT2D eigenvalue weighted by Gasteiger charge is 2.30. The normalized spacial score (nSPS) is 13.0. The minimum absolute atomic E-state index is 0.0438. The second-order valence-corrected chi connectivity index (χ2v) is 10.4. The molecule has 2 rings (SSSR count). The van der Waals surface area contributed by atoms with Gasteiger partial charge < -0.3 is 15.0 Å². The van der Waals surface area contributed by atoms with Crippen molar-refractivity contribution in [3.63, 3.8) is 0 Å². The van der Waals surface area contributed by atoms with Crippen LogP contribution in [0.1, 0.15) is 38.3 Å². The van der Waals surface area contributed by atoms with Crippen LogP contribution in [0, 0.1) is 6.92 Å². The maximum atomic E-state index is 13.5. The fourth-order valence-electron chi connectivity index (χ4n) is 3.42. The van der Waals surface area contributed by atoms with Crippen molar-refractivity contribution < 1.29 is 22.7 Å². The number of carbonyl (C=O) groups excluding carboxylic acids is 2. The number of hydrogen-bond acceptors (Lipinski definition) is 5. The number of benzene rings is 2. The van der Waals surface area contributed by atoms with Crippen LogP contribution >= 0.6 is 0 Å². The van der Waals surface area contributed by atoms with Gasteiger partial charge in [0.05, 0.1) is 19.1 Å². The van der Waals surface area contributed by atoms with Gasteiger partial charge in [0, 0.05) is 12.6 Å². The van der Waals surface area contributed by atoms with E-state index in [1.54, 1.807) is 31.2 Å². The smallest absolute Gasteiger partial charge is 0.244 e. The number of hydrogen-bond donors (Lipinski definition) is 1. The summed E-state index contributed by atoms with van der Waals surface area (Å²) in [5.41, 5.74) is 2.22. The van der Waals surface area contributed by atoms with E-state index in [9.17, 15) is 18.0 Å².